The third kappa shape index (κ3) is 3.94. The van der Waals surface area contributed by atoms with E-state index < -0.39 is 34.1 Å². The number of ether oxygens (including phenoxy) is 2. The number of thiophene rings is 1. The van der Waals surface area contributed by atoms with Crippen molar-refractivity contribution in [3.05, 3.63) is 46.2 Å². The minimum Gasteiger partial charge on any atom is -0.468 e. The van der Waals surface area contributed by atoms with Crippen LogP contribution in [0.5, 0.6) is 5.75 Å². The molecule has 11 heteroatoms. The van der Waals surface area contributed by atoms with Crippen molar-refractivity contribution in [3.8, 4) is 5.75 Å². The van der Waals surface area contributed by atoms with Gasteiger partial charge in [0, 0.05) is 11.4 Å². The maximum absolute atomic E-state index is 13.0. The topological polar surface area (TPSA) is 72.9 Å². The number of fused-ring (bicyclic) bond motifs is 1. The Morgan fingerprint density at radius 2 is 1.89 bits per heavy atom. The highest BCUT2D eigenvalue weighted by Gasteiger charge is 2.42. The molecule has 3 rings (SSSR count). The lowest BCUT2D eigenvalue weighted by Gasteiger charge is -2.32. The molecule has 2 aromatic rings. The van der Waals surface area contributed by atoms with Crippen molar-refractivity contribution in [2.24, 2.45) is 0 Å². The van der Waals surface area contributed by atoms with Gasteiger partial charge in [-0.05, 0) is 47.7 Å². The summed E-state index contributed by atoms with van der Waals surface area (Å²) in [4.78, 5) is 12.9. The van der Waals surface area contributed by atoms with Crippen LogP contribution in [0.25, 0.3) is 0 Å². The van der Waals surface area contributed by atoms with Gasteiger partial charge in [0.25, 0.3) is 0 Å². The zero-order chi connectivity index (χ0) is 19.8. The maximum Gasteiger partial charge on any atom is 0.573 e. The van der Waals surface area contributed by atoms with Crippen molar-refractivity contribution < 1.29 is 35.9 Å². The van der Waals surface area contributed by atoms with Crippen molar-refractivity contribution >= 4 is 27.3 Å². The number of benzene rings is 1. The van der Waals surface area contributed by atoms with E-state index in [2.05, 4.69) is 4.74 Å². The van der Waals surface area contributed by atoms with Crippen LogP contribution < -0.4 is 4.74 Å². The fourth-order valence-electron chi connectivity index (χ4n) is 2.86. The molecule has 0 fully saturated rings. The number of rotatable bonds is 4. The Bertz CT molecular complexity index is 938. The van der Waals surface area contributed by atoms with Gasteiger partial charge in [-0.3, -0.25) is 0 Å². The summed E-state index contributed by atoms with van der Waals surface area (Å²) >= 11 is 1.42. The van der Waals surface area contributed by atoms with E-state index in [1.807, 2.05) is 0 Å². The van der Waals surface area contributed by atoms with E-state index in [0.717, 1.165) is 40.6 Å². The Balaban J connectivity index is 1.95. The van der Waals surface area contributed by atoms with Crippen molar-refractivity contribution in [1.82, 2.24) is 4.31 Å². The van der Waals surface area contributed by atoms with Gasteiger partial charge in [-0.25, -0.2) is 13.2 Å². The van der Waals surface area contributed by atoms with E-state index in [4.69, 9.17) is 4.74 Å². The molecule has 146 valence electrons. The first-order valence-electron chi connectivity index (χ1n) is 7.65. The van der Waals surface area contributed by atoms with Crippen molar-refractivity contribution in [1.29, 1.82) is 0 Å². The smallest absolute Gasteiger partial charge is 0.468 e. The lowest BCUT2D eigenvalue weighted by atomic mass is 10.0. The number of alkyl halides is 3. The van der Waals surface area contributed by atoms with Crippen LogP contribution in [0.4, 0.5) is 13.2 Å². The quantitative estimate of drug-likeness (QED) is 0.710. The van der Waals surface area contributed by atoms with Crippen LogP contribution in [-0.2, 0) is 26.0 Å². The summed E-state index contributed by atoms with van der Waals surface area (Å²) < 4.78 is 72.3. The Kier molecular flexibility index (Phi) is 5.19. The molecule has 1 unspecified atom stereocenters. The Morgan fingerprint density at radius 1 is 1.22 bits per heavy atom. The zero-order valence-corrected chi connectivity index (χ0v) is 15.5. The third-order valence-corrected chi connectivity index (χ3v) is 6.89. The Labute approximate surface area is 157 Å². The average Bonchev–Trinajstić information content (AvgIpc) is 3.08. The predicted molar refractivity (Wildman–Crippen MR) is 89.8 cm³/mol. The van der Waals surface area contributed by atoms with Gasteiger partial charge in [-0.1, -0.05) is 0 Å². The number of carbonyl (C=O) groups excluding carboxylic acids is 1. The Morgan fingerprint density at radius 3 is 2.48 bits per heavy atom. The number of hydrogen-bond acceptors (Lipinski definition) is 6. The molecule has 1 aromatic heterocycles. The highest BCUT2D eigenvalue weighted by Crippen LogP contribution is 2.37. The predicted octanol–water partition coefficient (Wildman–Crippen LogP) is 3.11. The van der Waals surface area contributed by atoms with E-state index in [1.54, 1.807) is 11.4 Å². The summed E-state index contributed by atoms with van der Waals surface area (Å²) in [6.07, 6.45) is -4.45. The lowest BCUT2D eigenvalue weighted by molar-refractivity contribution is -0.274. The van der Waals surface area contributed by atoms with Gasteiger partial charge in [0.1, 0.15) is 11.8 Å². The normalized spacial score (nSPS) is 18.0. The van der Waals surface area contributed by atoms with E-state index in [0.29, 0.717) is 12.0 Å². The summed E-state index contributed by atoms with van der Waals surface area (Å²) in [6, 6.07) is 4.37. The fraction of sp³-hybridized carbons (Fsp3) is 0.312. The number of carbonyl (C=O) groups is 1. The van der Waals surface area contributed by atoms with Crippen molar-refractivity contribution in [2.75, 3.05) is 13.7 Å². The van der Waals surface area contributed by atoms with Crippen LogP contribution in [0.1, 0.15) is 16.5 Å². The first-order chi connectivity index (χ1) is 12.6. The largest absolute Gasteiger partial charge is 0.573 e. The second kappa shape index (κ2) is 7.13. The second-order valence-electron chi connectivity index (χ2n) is 5.61. The number of sulfonamides is 1. The zero-order valence-electron chi connectivity index (χ0n) is 13.9. The van der Waals surface area contributed by atoms with E-state index in [1.165, 1.54) is 11.3 Å². The summed E-state index contributed by atoms with van der Waals surface area (Å²) in [6.45, 7) is 0.0520. The second-order valence-corrected chi connectivity index (χ2v) is 8.50. The molecule has 0 saturated heterocycles. The number of halogens is 3. The monoisotopic (exact) mass is 421 g/mol. The molecule has 27 heavy (non-hydrogen) atoms. The first kappa shape index (κ1) is 19.6. The lowest BCUT2D eigenvalue weighted by Crippen LogP contribution is -2.43. The van der Waals surface area contributed by atoms with Crippen LogP contribution in [-0.4, -0.2) is 38.7 Å². The highest BCUT2D eigenvalue weighted by molar-refractivity contribution is 7.89. The van der Waals surface area contributed by atoms with Gasteiger partial charge in [0.05, 0.1) is 12.0 Å². The van der Waals surface area contributed by atoms with Gasteiger partial charge in [-0.2, -0.15) is 4.31 Å². The summed E-state index contributed by atoms with van der Waals surface area (Å²) in [5.41, 5.74) is 0.554. The standard InChI is InChI=1S/C16H14F3NO5S2/c1-24-15(21)14-12-7-9-26-13(12)6-8-20(14)27(22,23)11-4-2-10(3-5-11)25-16(17,18)19/h2-5,7,9,14H,6,8H2,1H3. The maximum atomic E-state index is 13.0. The molecular formula is C16H14F3NO5S2. The van der Waals surface area contributed by atoms with E-state index in [-0.39, 0.29) is 11.4 Å². The van der Waals surface area contributed by atoms with Crippen molar-refractivity contribution in [2.45, 2.75) is 23.7 Å². The summed E-state index contributed by atoms with van der Waals surface area (Å²) in [5, 5.41) is 1.76. The molecular weight excluding hydrogens is 407 g/mol. The fourth-order valence-corrected chi connectivity index (χ4v) is 5.32. The van der Waals surface area contributed by atoms with Gasteiger partial charge in [-0.15, -0.1) is 24.5 Å². The summed E-state index contributed by atoms with van der Waals surface area (Å²) in [5.74, 6) is -1.26. The van der Waals surface area contributed by atoms with Crippen LogP contribution >= 0.6 is 11.3 Å². The third-order valence-electron chi connectivity index (χ3n) is 4.01. The highest BCUT2D eigenvalue weighted by atomic mass is 32.2. The van der Waals surface area contributed by atoms with Crippen molar-refractivity contribution in [3.63, 3.8) is 0 Å². The molecule has 0 spiro atoms. The van der Waals surface area contributed by atoms with E-state index >= 15 is 0 Å². The van der Waals surface area contributed by atoms with Gasteiger partial charge in [0.15, 0.2) is 0 Å². The molecule has 1 aliphatic heterocycles. The molecule has 1 aliphatic rings. The molecule has 6 nitrogen and oxygen atoms in total. The molecule has 0 bridgehead atoms. The van der Waals surface area contributed by atoms with Gasteiger partial charge < -0.3 is 9.47 Å². The molecule has 0 aliphatic carbocycles. The molecule has 0 radical (unpaired) electrons. The number of esters is 1. The summed E-state index contributed by atoms with van der Waals surface area (Å²) in [7, 11) is -2.98. The molecule has 0 N–H and O–H groups in total. The first-order valence-corrected chi connectivity index (χ1v) is 9.97. The molecule has 0 amide bonds. The molecule has 1 atom stereocenters. The number of nitrogens with zero attached hydrogens (tertiary/aromatic N) is 1. The van der Waals surface area contributed by atoms with Gasteiger partial charge in [0.2, 0.25) is 10.0 Å². The molecule has 1 aromatic carbocycles. The molecule has 2 heterocycles. The minimum absolute atomic E-state index is 0.0520. The van der Waals surface area contributed by atoms with Crippen LogP contribution in [0, 0.1) is 0 Å². The number of methoxy groups -OCH3 is 1. The van der Waals surface area contributed by atoms with Crippen LogP contribution in [0.15, 0.2) is 40.6 Å². The van der Waals surface area contributed by atoms with E-state index in [9.17, 15) is 26.4 Å². The average molecular weight is 421 g/mol. The Hall–Kier alpha value is -2.11. The minimum atomic E-state index is -4.88. The van der Waals surface area contributed by atoms with Crippen LogP contribution in [0.2, 0.25) is 0 Å². The van der Waals surface area contributed by atoms with Gasteiger partial charge >= 0.3 is 12.3 Å². The molecule has 0 saturated carbocycles. The van der Waals surface area contributed by atoms with Crippen LogP contribution in [0.3, 0.4) is 0 Å². The SMILES string of the molecule is COC(=O)C1c2ccsc2CCN1S(=O)(=O)c1ccc(OC(F)(F)F)cc1. The number of hydrogen-bond donors (Lipinski definition) is 0.